The Morgan fingerprint density at radius 3 is 2.85 bits per heavy atom. The van der Waals surface area contributed by atoms with E-state index < -0.39 is 0 Å². The number of hydrogen-bond donors (Lipinski definition) is 0. The SMILES string of the molecule is O=C(Cc1cccc2ccccc12)OC1CCCCO1. The van der Waals surface area contributed by atoms with Crippen LogP contribution in [-0.4, -0.2) is 18.9 Å². The van der Waals surface area contributed by atoms with Gasteiger partial charge in [0.2, 0.25) is 6.29 Å². The molecule has 20 heavy (non-hydrogen) atoms. The monoisotopic (exact) mass is 270 g/mol. The highest BCUT2D eigenvalue weighted by Crippen LogP contribution is 2.20. The summed E-state index contributed by atoms with van der Waals surface area (Å²) in [6.45, 7) is 0.687. The normalized spacial score (nSPS) is 18.9. The molecule has 3 nitrogen and oxygen atoms in total. The van der Waals surface area contributed by atoms with Crippen LogP contribution in [0, 0.1) is 0 Å². The third-order valence-electron chi connectivity index (χ3n) is 3.62. The Hall–Kier alpha value is -1.87. The van der Waals surface area contributed by atoms with Crippen molar-refractivity contribution in [3.63, 3.8) is 0 Å². The van der Waals surface area contributed by atoms with Crippen molar-refractivity contribution < 1.29 is 14.3 Å². The van der Waals surface area contributed by atoms with Gasteiger partial charge in [0.05, 0.1) is 13.0 Å². The predicted octanol–water partition coefficient (Wildman–Crippen LogP) is 3.45. The standard InChI is InChI=1S/C17H18O3/c18-16(20-17-10-3-4-11-19-17)12-14-8-5-7-13-6-1-2-9-15(13)14/h1-2,5-9,17H,3-4,10-12H2. The van der Waals surface area contributed by atoms with Crippen LogP contribution in [-0.2, 0) is 20.7 Å². The molecule has 1 aliphatic rings. The topological polar surface area (TPSA) is 35.5 Å². The molecule has 3 rings (SSSR count). The van der Waals surface area contributed by atoms with E-state index in [2.05, 4.69) is 12.1 Å². The second-order valence-corrected chi connectivity index (χ2v) is 5.10. The van der Waals surface area contributed by atoms with Gasteiger partial charge in [-0.3, -0.25) is 4.79 Å². The van der Waals surface area contributed by atoms with Crippen molar-refractivity contribution in [1.82, 2.24) is 0 Å². The molecule has 1 saturated heterocycles. The van der Waals surface area contributed by atoms with E-state index in [0.717, 1.165) is 35.6 Å². The van der Waals surface area contributed by atoms with E-state index in [4.69, 9.17) is 9.47 Å². The molecule has 0 spiro atoms. The fourth-order valence-corrected chi connectivity index (χ4v) is 2.59. The molecular formula is C17H18O3. The van der Waals surface area contributed by atoms with Crippen molar-refractivity contribution in [3.8, 4) is 0 Å². The zero-order chi connectivity index (χ0) is 13.8. The molecule has 1 unspecified atom stereocenters. The number of carbonyl (C=O) groups is 1. The summed E-state index contributed by atoms with van der Waals surface area (Å²) >= 11 is 0. The highest BCUT2D eigenvalue weighted by atomic mass is 16.7. The smallest absolute Gasteiger partial charge is 0.312 e. The summed E-state index contributed by atoms with van der Waals surface area (Å²) in [5.41, 5.74) is 1.00. The lowest BCUT2D eigenvalue weighted by Gasteiger charge is -2.22. The molecule has 2 aromatic rings. The van der Waals surface area contributed by atoms with Gasteiger partial charge >= 0.3 is 5.97 Å². The maximum absolute atomic E-state index is 12.0. The summed E-state index contributed by atoms with van der Waals surface area (Å²) in [4.78, 5) is 12.0. The highest BCUT2D eigenvalue weighted by molar-refractivity contribution is 5.88. The molecule has 2 aromatic carbocycles. The molecule has 0 N–H and O–H groups in total. The summed E-state index contributed by atoms with van der Waals surface area (Å²) in [7, 11) is 0. The van der Waals surface area contributed by atoms with Gasteiger partial charge in [0.1, 0.15) is 0 Å². The van der Waals surface area contributed by atoms with E-state index in [-0.39, 0.29) is 12.3 Å². The van der Waals surface area contributed by atoms with Gasteiger partial charge in [-0.05, 0) is 29.2 Å². The van der Waals surface area contributed by atoms with Gasteiger partial charge in [-0.25, -0.2) is 0 Å². The molecule has 1 atom stereocenters. The van der Waals surface area contributed by atoms with Crippen LogP contribution < -0.4 is 0 Å². The Balaban J connectivity index is 1.71. The summed E-state index contributed by atoms with van der Waals surface area (Å²) in [6, 6.07) is 14.1. The Labute approximate surface area is 118 Å². The third kappa shape index (κ3) is 2.99. The van der Waals surface area contributed by atoms with Crippen molar-refractivity contribution in [2.75, 3.05) is 6.61 Å². The molecule has 1 fully saturated rings. The number of benzene rings is 2. The number of rotatable bonds is 3. The Morgan fingerprint density at radius 1 is 1.15 bits per heavy atom. The first-order valence-electron chi connectivity index (χ1n) is 7.11. The lowest BCUT2D eigenvalue weighted by Crippen LogP contribution is -2.26. The van der Waals surface area contributed by atoms with Crippen LogP contribution in [0.5, 0.6) is 0 Å². The predicted molar refractivity (Wildman–Crippen MR) is 77.3 cm³/mol. The van der Waals surface area contributed by atoms with Crippen LogP contribution in [0.15, 0.2) is 42.5 Å². The second-order valence-electron chi connectivity index (χ2n) is 5.10. The first-order valence-corrected chi connectivity index (χ1v) is 7.11. The van der Waals surface area contributed by atoms with Gasteiger partial charge in [-0.2, -0.15) is 0 Å². The molecule has 3 heteroatoms. The number of hydrogen-bond acceptors (Lipinski definition) is 3. The lowest BCUT2D eigenvalue weighted by atomic mass is 10.0. The summed E-state index contributed by atoms with van der Waals surface area (Å²) in [5, 5.41) is 2.25. The molecule has 1 aliphatic heterocycles. The van der Waals surface area contributed by atoms with E-state index >= 15 is 0 Å². The van der Waals surface area contributed by atoms with Gasteiger partial charge in [0.25, 0.3) is 0 Å². The number of carbonyl (C=O) groups excluding carboxylic acids is 1. The van der Waals surface area contributed by atoms with Crippen LogP contribution in [0.2, 0.25) is 0 Å². The van der Waals surface area contributed by atoms with Crippen LogP contribution in [0.25, 0.3) is 10.8 Å². The fraction of sp³-hybridized carbons (Fsp3) is 0.353. The Bertz CT molecular complexity index is 595. The number of ether oxygens (including phenoxy) is 2. The largest absolute Gasteiger partial charge is 0.436 e. The molecule has 0 amide bonds. The molecule has 0 radical (unpaired) electrons. The van der Waals surface area contributed by atoms with Gasteiger partial charge in [0, 0.05) is 6.42 Å². The Kier molecular flexibility index (Phi) is 3.97. The average Bonchev–Trinajstić information content (AvgIpc) is 2.48. The summed E-state index contributed by atoms with van der Waals surface area (Å²) in [5.74, 6) is -0.215. The van der Waals surface area contributed by atoms with Crippen molar-refractivity contribution in [2.45, 2.75) is 32.0 Å². The van der Waals surface area contributed by atoms with Gasteiger partial charge < -0.3 is 9.47 Å². The lowest BCUT2D eigenvalue weighted by molar-refractivity contribution is -0.185. The van der Waals surface area contributed by atoms with E-state index in [0.29, 0.717) is 13.0 Å². The zero-order valence-electron chi connectivity index (χ0n) is 11.4. The average molecular weight is 270 g/mol. The van der Waals surface area contributed by atoms with E-state index in [1.54, 1.807) is 0 Å². The first kappa shape index (κ1) is 13.1. The fourth-order valence-electron chi connectivity index (χ4n) is 2.59. The van der Waals surface area contributed by atoms with Gasteiger partial charge in [0.15, 0.2) is 0 Å². The van der Waals surface area contributed by atoms with E-state index in [1.165, 1.54) is 0 Å². The van der Waals surface area contributed by atoms with Crippen LogP contribution in [0.1, 0.15) is 24.8 Å². The van der Waals surface area contributed by atoms with E-state index in [1.807, 2.05) is 30.3 Å². The minimum Gasteiger partial charge on any atom is -0.436 e. The number of fused-ring (bicyclic) bond motifs is 1. The van der Waals surface area contributed by atoms with Crippen molar-refractivity contribution in [3.05, 3.63) is 48.0 Å². The van der Waals surface area contributed by atoms with Crippen molar-refractivity contribution in [2.24, 2.45) is 0 Å². The third-order valence-corrected chi connectivity index (χ3v) is 3.62. The molecular weight excluding hydrogens is 252 g/mol. The van der Waals surface area contributed by atoms with Crippen LogP contribution in [0.4, 0.5) is 0 Å². The van der Waals surface area contributed by atoms with Crippen molar-refractivity contribution >= 4 is 16.7 Å². The molecule has 0 aliphatic carbocycles. The molecule has 104 valence electrons. The van der Waals surface area contributed by atoms with E-state index in [9.17, 15) is 4.79 Å². The molecule has 1 heterocycles. The Morgan fingerprint density at radius 2 is 2.00 bits per heavy atom. The first-order chi connectivity index (χ1) is 9.83. The molecule has 0 bridgehead atoms. The summed E-state index contributed by atoms with van der Waals surface area (Å²) in [6.07, 6.45) is 2.86. The number of esters is 1. The van der Waals surface area contributed by atoms with Gasteiger partial charge in [-0.15, -0.1) is 0 Å². The van der Waals surface area contributed by atoms with Crippen molar-refractivity contribution in [1.29, 1.82) is 0 Å². The minimum absolute atomic E-state index is 0.215. The second kappa shape index (κ2) is 6.06. The zero-order valence-corrected chi connectivity index (χ0v) is 11.4. The summed E-state index contributed by atoms with van der Waals surface area (Å²) < 4.78 is 10.8. The van der Waals surface area contributed by atoms with Gasteiger partial charge in [-0.1, -0.05) is 42.5 Å². The minimum atomic E-state index is -0.355. The van der Waals surface area contributed by atoms with Crippen LogP contribution >= 0.6 is 0 Å². The quantitative estimate of drug-likeness (QED) is 0.801. The maximum Gasteiger partial charge on any atom is 0.312 e. The maximum atomic E-state index is 12.0. The highest BCUT2D eigenvalue weighted by Gasteiger charge is 2.18. The van der Waals surface area contributed by atoms with Crippen LogP contribution in [0.3, 0.4) is 0 Å². The molecule has 0 aromatic heterocycles. The molecule has 0 saturated carbocycles.